The van der Waals surface area contributed by atoms with Gasteiger partial charge in [-0.3, -0.25) is 4.79 Å². The molecule has 1 saturated carbocycles. The molecule has 7 heteroatoms. The number of methoxy groups -OCH3 is 1. The molecule has 0 unspecified atom stereocenters. The SMILES string of the molecule is CC=C[C@@H]1[C@@H](C(=O)OCc2c(F)c(F)c(COC)c(F)c2I)C1(C)C. The molecule has 138 valence electrons. The number of carbonyl (C=O) groups is 1. The van der Waals surface area contributed by atoms with Crippen molar-refractivity contribution < 1.29 is 27.4 Å². The average molecular weight is 468 g/mol. The van der Waals surface area contributed by atoms with Crippen molar-refractivity contribution in [3.8, 4) is 0 Å². The zero-order valence-electron chi connectivity index (χ0n) is 14.5. The van der Waals surface area contributed by atoms with Crippen LogP contribution < -0.4 is 0 Å². The summed E-state index contributed by atoms with van der Waals surface area (Å²) >= 11 is 1.58. The average Bonchev–Trinajstić information content (AvgIpc) is 3.10. The third-order valence-corrected chi connectivity index (χ3v) is 5.78. The Morgan fingerprint density at radius 2 is 1.76 bits per heavy atom. The van der Waals surface area contributed by atoms with E-state index in [1.807, 2.05) is 32.9 Å². The molecule has 0 N–H and O–H groups in total. The van der Waals surface area contributed by atoms with Gasteiger partial charge in [0.1, 0.15) is 12.4 Å². The summed E-state index contributed by atoms with van der Waals surface area (Å²) in [6.45, 7) is 4.84. The van der Waals surface area contributed by atoms with E-state index in [2.05, 4.69) is 0 Å². The minimum absolute atomic E-state index is 0.0477. The van der Waals surface area contributed by atoms with Gasteiger partial charge in [0.2, 0.25) is 0 Å². The van der Waals surface area contributed by atoms with Gasteiger partial charge in [-0.1, -0.05) is 26.0 Å². The molecule has 1 aliphatic carbocycles. The molecule has 0 aliphatic heterocycles. The smallest absolute Gasteiger partial charge is 0.310 e. The van der Waals surface area contributed by atoms with E-state index in [4.69, 9.17) is 9.47 Å². The lowest BCUT2D eigenvalue weighted by molar-refractivity contribution is -0.147. The Kier molecular flexibility index (Phi) is 6.19. The van der Waals surface area contributed by atoms with Crippen molar-refractivity contribution in [1.29, 1.82) is 0 Å². The van der Waals surface area contributed by atoms with Crippen molar-refractivity contribution in [3.05, 3.63) is 44.3 Å². The van der Waals surface area contributed by atoms with Crippen molar-refractivity contribution in [3.63, 3.8) is 0 Å². The first-order chi connectivity index (χ1) is 11.7. The maximum atomic E-state index is 14.2. The molecule has 0 radical (unpaired) electrons. The predicted molar refractivity (Wildman–Crippen MR) is 95.1 cm³/mol. The summed E-state index contributed by atoms with van der Waals surface area (Å²) in [4.78, 5) is 12.3. The molecule has 2 rings (SSSR count). The van der Waals surface area contributed by atoms with Crippen LogP contribution in [0.5, 0.6) is 0 Å². The van der Waals surface area contributed by atoms with E-state index >= 15 is 0 Å². The van der Waals surface area contributed by atoms with Gasteiger partial charge >= 0.3 is 5.97 Å². The Balaban J connectivity index is 2.18. The van der Waals surface area contributed by atoms with Crippen LogP contribution in [0.15, 0.2) is 12.2 Å². The summed E-state index contributed by atoms with van der Waals surface area (Å²) < 4.78 is 52.2. The van der Waals surface area contributed by atoms with Crippen molar-refractivity contribution in [2.45, 2.75) is 34.0 Å². The zero-order chi connectivity index (χ0) is 18.9. The highest BCUT2D eigenvalue weighted by Crippen LogP contribution is 2.59. The quantitative estimate of drug-likeness (QED) is 0.262. The molecule has 1 aromatic carbocycles. The number of hydrogen-bond acceptors (Lipinski definition) is 3. The molecule has 1 fully saturated rings. The van der Waals surface area contributed by atoms with Crippen molar-refractivity contribution in [2.75, 3.05) is 7.11 Å². The summed E-state index contributed by atoms with van der Waals surface area (Å²) in [6, 6.07) is 0. The molecule has 0 saturated heterocycles. The van der Waals surface area contributed by atoms with Gasteiger partial charge in [0, 0.05) is 12.7 Å². The fraction of sp³-hybridized carbons (Fsp3) is 0.500. The molecular weight excluding hydrogens is 448 g/mol. The molecule has 3 nitrogen and oxygen atoms in total. The van der Waals surface area contributed by atoms with Crippen LogP contribution >= 0.6 is 22.6 Å². The maximum Gasteiger partial charge on any atom is 0.310 e. The molecule has 1 aromatic rings. The maximum absolute atomic E-state index is 14.2. The Hall–Kier alpha value is -1.09. The van der Waals surface area contributed by atoms with Gasteiger partial charge < -0.3 is 9.47 Å². The topological polar surface area (TPSA) is 35.5 Å². The van der Waals surface area contributed by atoms with Crippen LogP contribution in [0.25, 0.3) is 0 Å². The molecule has 2 atom stereocenters. The number of allylic oxidation sites excluding steroid dienone is 2. The molecule has 0 spiro atoms. The number of rotatable bonds is 6. The minimum atomic E-state index is -1.32. The second kappa shape index (κ2) is 7.65. The van der Waals surface area contributed by atoms with Crippen molar-refractivity contribution in [1.82, 2.24) is 0 Å². The normalized spacial score (nSPS) is 21.6. The summed E-state index contributed by atoms with van der Waals surface area (Å²) in [6.07, 6.45) is 3.79. The first kappa shape index (κ1) is 20.2. The van der Waals surface area contributed by atoms with Gasteiger partial charge in [-0.2, -0.15) is 0 Å². The number of benzene rings is 1. The van der Waals surface area contributed by atoms with Crippen molar-refractivity contribution in [2.24, 2.45) is 17.3 Å². The fourth-order valence-corrected chi connectivity index (χ4v) is 3.77. The van der Waals surface area contributed by atoms with Gasteiger partial charge in [-0.15, -0.1) is 0 Å². The molecule has 0 heterocycles. The highest BCUT2D eigenvalue weighted by molar-refractivity contribution is 14.1. The standard InChI is InChI=1S/C18H20F3IO3/c1-5-6-11-12(18(11,2)3)17(23)25-8-10-14(20)13(19)9(7-24-4)15(21)16(10)22/h5-6,11-12H,7-8H2,1-4H3/t11-,12+/m1/s1. The van der Waals surface area contributed by atoms with Crippen LogP contribution in [-0.4, -0.2) is 13.1 Å². The number of ether oxygens (including phenoxy) is 2. The largest absolute Gasteiger partial charge is 0.460 e. The summed E-state index contributed by atoms with van der Waals surface area (Å²) in [7, 11) is 1.26. The van der Waals surface area contributed by atoms with E-state index < -0.39 is 35.6 Å². The summed E-state index contributed by atoms with van der Waals surface area (Å²) in [5, 5.41) is 0. The Labute approximate surface area is 158 Å². The van der Waals surface area contributed by atoms with Gasteiger partial charge in [-0.05, 0) is 40.8 Å². The van der Waals surface area contributed by atoms with Crippen LogP contribution in [0, 0.1) is 38.3 Å². The molecule has 0 amide bonds. The number of halogens is 4. The van der Waals surface area contributed by atoms with Gasteiger partial charge in [0.05, 0.1) is 21.7 Å². The van der Waals surface area contributed by atoms with E-state index in [-0.39, 0.29) is 33.0 Å². The van der Waals surface area contributed by atoms with E-state index in [1.54, 1.807) is 22.6 Å². The lowest BCUT2D eigenvalue weighted by Crippen LogP contribution is -2.14. The van der Waals surface area contributed by atoms with E-state index in [9.17, 15) is 18.0 Å². The van der Waals surface area contributed by atoms with E-state index in [1.165, 1.54) is 7.11 Å². The summed E-state index contributed by atoms with van der Waals surface area (Å²) in [5.74, 6) is -4.22. The van der Waals surface area contributed by atoms with E-state index in [0.717, 1.165) is 0 Å². The summed E-state index contributed by atoms with van der Waals surface area (Å²) in [5.41, 5.74) is -1.02. The number of carbonyl (C=O) groups excluding carboxylic acids is 1. The second-order valence-electron chi connectivity index (χ2n) is 6.60. The molecule has 0 aromatic heterocycles. The minimum Gasteiger partial charge on any atom is -0.460 e. The Morgan fingerprint density at radius 1 is 1.16 bits per heavy atom. The van der Waals surface area contributed by atoms with Gasteiger partial charge in [0.15, 0.2) is 11.6 Å². The number of hydrogen-bond donors (Lipinski definition) is 0. The van der Waals surface area contributed by atoms with Crippen LogP contribution in [0.4, 0.5) is 13.2 Å². The van der Waals surface area contributed by atoms with Crippen LogP contribution in [-0.2, 0) is 27.5 Å². The highest BCUT2D eigenvalue weighted by Gasteiger charge is 2.61. The van der Waals surface area contributed by atoms with Crippen LogP contribution in [0.1, 0.15) is 31.9 Å². The highest BCUT2D eigenvalue weighted by atomic mass is 127. The van der Waals surface area contributed by atoms with Gasteiger partial charge in [-0.25, -0.2) is 13.2 Å². The monoisotopic (exact) mass is 468 g/mol. The third kappa shape index (κ3) is 3.72. The molecule has 0 bridgehead atoms. The molecule has 25 heavy (non-hydrogen) atoms. The fourth-order valence-electron chi connectivity index (χ4n) is 3.05. The van der Waals surface area contributed by atoms with Gasteiger partial charge in [0.25, 0.3) is 0 Å². The lowest BCUT2D eigenvalue weighted by Gasteiger charge is -2.13. The number of esters is 1. The zero-order valence-corrected chi connectivity index (χ0v) is 16.6. The first-order valence-corrected chi connectivity index (χ1v) is 8.88. The second-order valence-corrected chi connectivity index (χ2v) is 7.68. The first-order valence-electron chi connectivity index (χ1n) is 7.80. The van der Waals surface area contributed by atoms with Crippen LogP contribution in [0.2, 0.25) is 0 Å². The predicted octanol–water partition coefficient (Wildman–Crippen LogP) is 4.75. The van der Waals surface area contributed by atoms with Crippen molar-refractivity contribution >= 4 is 28.6 Å². The molecular formula is C18H20F3IO3. The van der Waals surface area contributed by atoms with Crippen LogP contribution in [0.3, 0.4) is 0 Å². The van der Waals surface area contributed by atoms with E-state index in [0.29, 0.717) is 0 Å². The lowest BCUT2D eigenvalue weighted by atomic mass is 10.1. The molecule has 1 aliphatic rings. The Bertz CT molecular complexity index is 687. The Morgan fingerprint density at radius 3 is 2.32 bits per heavy atom. The third-order valence-electron chi connectivity index (χ3n) is 4.66.